The van der Waals surface area contributed by atoms with Crippen LogP contribution in [-0.2, 0) is 0 Å². The van der Waals surface area contributed by atoms with E-state index < -0.39 is 6.04 Å². The molecule has 68 valence electrons. The van der Waals surface area contributed by atoms with Gasteiger partial charge in [0.05, 0.1) is 24.0 Å². The van der Waals surface area contributed by atoms with Crippen molar-refractivity contribution >= 4 is 17.6 Å². The van der Waals surface area contributed by atoms with Crippen LogP contribution in [0.15, 0.2) is 6.20 Å². The van der Waals surface area contributed by atoms with E-state index in [0.717, 1.165) is 11.7 Å². The van der Waals surface area contributed by atoms with Gasteiger partial charge in [-0.05, 0) is 6.42 Å². The number of aromatic nitrogens is 2. The van der Waals surface area contributed by atoms with Gasteiger partial charge in [-0.15, -0.1) is 0 Å². The minimum Gasteiger partial charge on any atom is -0.335 e. The standard InChI is InChI=1S/C7H8N4OS/c1-2-5(3-8)10-7(12)6-4-9-13-11-6/h4-5H,2H2,1H3,(H,10,12)/t5-/m1/s1. The van der Waals surface area contributed by atoms with Crippen LogP contribution in [0.1, 0.15) is 23.8 Å². The third kappa shape index (κ3) is 2.49. The molecule has 0 aliphatic heterocycles. The molecule has 5 nitrogen and oxygen atoms in total. The van der Waals surface area contributed by atoms with Crippen LogP contribution in [0, 0.1) is 11.3 Å². The predicted molar refractivity (Wildman–Crippen MR) is 47.1 cm³/mol. The third-order valence-corrected chi connectivity index (χ3v) is 1.94. The Morgan fingerprint density at radius 3 is 3.15 bits per heavy atom. The average Bonchev–Trinajstić information content (AvgIpc) is 2.66. The number of hydrogen-bond donors (Lipinski definition) is 1. The first-order valence-electron chi connectivity index (χ1n) is 3.76. The van der Waals surface area contributed by atoms with E-state index in [4.69, 9.17) is 5.26 Å². The summed E-state index contributed by atoms with van der Waals surface area (Å²) >= 11 is 0.966. The second kappa shape index (κ2) is 4.52. The predicted octanol–water partition coefficient (Wildman–Crippen LogP) is 0.570. The van der Waals surface area contributed by atoms with Gasteiger partial charge in [0.2, 0.25) is 0 Å². The second-order valence-electron chi connectivity index (χ2n) is 2.36. The molecule has 1 rings (SSSR count). The minimum atomic E-state index is -0.450. The number of hydrogen-bond acceptors (Lipinski definition) is 5. The van der Waals surface area contributed by atoms with E-state index in [2.05, 4.69) is 14.1 Å². The molecule has 1 atom stereocenters. The molecule has 0 aliphatic rings. The highest BCUT2D eigenvalue weighted by Crippen LogP contribution is 1.96. The lowest BCUT2D eigenvalue weighted by molar-refractivity contribution is 0.0940. The zero-order valence-corrected chi connectivity index (χ0v) is 7.84. The Morgan fingerprint density at radius 1 is 1.92 bits per heavy atom. The molecule has 0 bridgehead atoms. The molecule has 0 fully saturated rings. The van der Waals surface area contributed by atoms with Gasteiger partial charge in [-0.2, -0.15) is 14.0 Å². The lowest BCUT2D eigenvalue weighted by Gasteiger charge is -2.06. The van der Waals surface area contributed by atoms with E-state index in [1.54, 1.807) is 0 Å². The van der Waals surface area contributed by atoms with Crippen molar-refractivity contribution in [2.24, 2.45) is 0 Å². The maximum absolute atomic E-state index is 11.3. The highest BCUT2D eigenvalue weighted by Gasteiger charge is 2.12. The fourth-order valence-electron chi connectivity index (χ4n) is 0.723. The lowest BCUT2D eigenvalue weighted by Crippen LogP contribution is -2.33. The highest BCUT2D eigenvalue weighted by atomic mass is 32.1. The molecule has 1 amide bonds. The molecule has 1 N–H and O–H groups in total. The van der Waals surface area contributed by atoms with Crippen LogP contribution in [-0.4, -0.2) is 20.7 Å². The lowest BCUT2D eigenvalue weighted by atomic mass is 10.2. The first-order valence-corrected chi connectivity index (χ1v) is 4.49. The van der Waals surface area contributed by atoms with Crippen LogP contribution >= 0.6 is 11.7 Å². The number of nitrogens with one attached hydrogen (secondary N) is 1. The Labute approximate surface area is 79.7 Å². The van der Waals surface area contributed by atoms with Gasteiger partial charge in [0.1, 0.15) is 6.04 Å². The molecule has 1 aromatic rings. The summed E-state index contributed by atoms with van der Waals surface area (Å²) < 4.78 is 7.44. The van der Waals surface area contributed by atoms with Crippen molar-refractivity contribution in [1.82, 2.24) is 14.1 Å². The summed E-state index contributed by atoms with van der Waals surface area (Å²) in [4.78, 5) is 11.3. The van der Waals surface area contributed by atoms with E-state index in [-0.39, 0.29) is 11.6 Å². The van der Waals surface area contributed by atoms with Gasteiger partial charge >= 0.3 is 0 Å². The van der Waals surface area contributed by atoms with Crippen LogP contribution < -0.4 is 5.32 Å². The summed E-state index contributed by atoms with van der Waals surface area (Å²) in [6, 6.07) is 1.52. The first kappa shape index (κ1) is 9.61. The Kier molecular flexibility index (Phi) is 3.34. The van der Waals surface area contributed by atoms with E-state index in [0.29, 0.717) is 6.42 Å². The summed E-state index contributed by atoms with van der Waals surface area (Å²) in [5, 5.41) is 11.1. The molecule has 13 heavy (non-hydrogen) atoms. The third-order valence-electron chi connectivity index (χ3n) is 1.46. The minimum absolute atomic E-state index is 0.263. The van der Waals surface area contributed by atoms with Crippen LogP contribution in [0.4, 0.5) is 0 Å². The first-order chi connectivity index (χ1) is 6.27. The zero-order chi connectivity index (χ0) is 9.68. The van der Waals surface area contributed by atoms with Crippen LogP contribution in [0.25, 0.3) is 0 Å². The molecule has 1 aromatic heterocycles. The monoisotopic (exact) mass is 196 g/mol. The van der Waals surface area contributed by atoms with Gasteiger partial charge in [-0.3, -0.25) is 4.79 Å². The summed E-state index contributed by atoms with van der Waals surface area (Å²) in [5.74, 6) is -0.345. The SMILES string of the molecule is CC[C@H](C#N)NC(=O)c1cnsn1. The summed E-state index contributed by atoms with van der Waals surface area (Å²) in [6.45, 7) is 1.83. The van der Waals surface area contributed by atoms with Crippen molar-refractivity contribution in [2.75, 3.05) is 0 Å². The molecule has 0 saturated carbocycles. The molecule has 0 saturated heterocycles. The quantitative estimate of drug-likeness (QED) is 0.766. The topological polar surface area (TPSA) is 78.7 Å². The summed E-state index contributed by atoms with van der Waals surface area (Å²) in [7, 11) is 0. The fourth-order valence-corrected chi connectivity index (χ4v) is 1.13. The maximum atomic E-state index is 11.3. The van der Waals surface area contributed by atoms with Gasteiger partial charge < -0.3 is 5.32 Å². The number of rotatable bonds is 3. The zero-order valence-electron chi connectivity index (χ0n) is 7.02. The van der Waals surface area contributed by atoms with Crippen molar-refractivity contribution in [2.45, 2.75) is 19.4 Å². The number of carbonyl (C=O) groups is 1. The number of nitrogens with zero attached hydrogens (tertiary/aromatic N) is 3. The van der Waals surface area contributed by atoms with Crippen molar-refractivity contribution in [1.29, 1.82) is 5.26 Å². The number of amides is 1. The summed E-state index contributed by atoms with van der Waals surface area (Å²) in [5.41, 5.74) is 0.263. The van der Waals surface area contributed by atoms with Crippen LogP contribution in [0.3, 0.4) is 0 Å². The summed E-state index contributed by atoms with van der Waals surface area (Å²) in [6.07, 6.45) is 1.96. The highest BCUT2D eigenvalue weighted by molar-refractivity contribution is 6.99. The van der Waals surface area contributed by atoms with Gasteiger partial charge in [-0.1, -0.05) is 6.92 Å². The number of nitriles is 1. The molecule has 1 heterocycles. The molecule has 0 aromatic carbocycles. The molecular weight excluding hydrogens is 188 g/mol. The van der Waals surface area contributed by atoms with E-state index in [1.165, 1.54) is 6.20 Å². The largest absolute Gasteiger partial charge is 0.335 e. The van der Waals surface area contributed by atoms with Crippen LogP contribution in [0.5, 0.6) is 0 Å². The normalized spacial score (nSPS) is 11.7. The Hall–Kier alpha value is -1.48. The molecule has 0 radical (unpaired) electrons. The van der Waals surface area contributed by atoms with Gasteiger partial charge in [0.15, 0.2) is 5.69 Å². The number of carbonyl (C=O) groups excluding carboxylic acids is 1. The average molecular weight is 196 g/mol. The van der Waals surface area contributed by atoms with E-state index in [1.807, 2.05) is 13.0 Å². The molecule has 6 heteroatoms. The van der Waals surface area contributed by atoms with E-state index >= 15 is 0 Å². The molecular formula is C7H8N4OS. The molecule has 0 aliphatic carbocycles. The van der Waals surface area contributed by atoms with Crippen molar-refractivity contribution in [3.8, 4) is 6.07 Å². The van der Waals surface area contributed by atoms with Crippen molar-refractivity contribution in [3.63, 3.8) is 0 Å². The fraction of sp³-hybridized carbons (Fsp3) is 0.429. The Bertz CT molecular complexity index is 316. The van der Waals surface area contributed by atoms with Gasteiger partial charge in [0.25, 0.3) is 5.91 Å². The molecule has 0 unspecified atom stereocenters. The van der Waals surface area contributed by atoms with Crippen molar-refractivity contribution < 1.29 is 4.79 Å². The Morgan fingerprint density at radius 2 is 2.69 bits per heavy atom. The second-order valence-corrected chi connectivity index (χ2v) is 2.91. The van der Waals surface area contributed by atoms with E-state index in [9.17, 15) is 4.79 Å². The van der Waals surface area contributed by atoms with Gasteiger partial charge in [0, 0.05) is 0 Å². The molecule has 0 spiro atoms. The maximum Gasteiger partial charge on any atom is 0.273 e. The van der Waals surface area contributed by atoms with Crippen molar-refractivity contribution in [3.05, 3.63) is 11.9 Å². The van der Waals surface area contributed by atoms with Gasteiger partial charge in [-0.25, -0.2) is 0 Å². The smallest absolute Gasteiger partial charge is 0.273 e. The Balaban J connectivity index is 2.57. The van der Waals surface area contributed by atoms with Crippen LogP contribution in [0.2, 0.25) is 0 Å².